The van der Waals surface area contributed by atoms with Gasteiger partial charge in [0.05, 0.1) is 6.61 Å². The highest BCUT2D eigenvalue weighted by atomic mass is 28.1. The first kappa shape index (κ1) is 10.2. The minimum atomic E-state index is 0.736. The van der Waals surface area contributed by atoms with Gasteiger partial charge in [0, 0.05) is 16.5 Å². The predicted molar refractivity (Wildman–Crippen MR) is 60.7 cm³/mol. The Balaban J connectivity index is 2.64. The third-order valence-corrected chi connectivity index (χ3v) is 2.33. The Morgan fingerprint density at radius 3 is 2.46 bits per heavy atom. The van der Waals surface area contributed by atoms with Gasteiger partial charge in [-0.3, -0.25) is 0 Å². The average Bonchev–Trinajstić information content (AvgIpc) is 2.15. The van der Waals surface area contributed by atoms with Gasteiger partial charge in [0.25, 0.3) is 0 Å². The fourth-order valence-corrected chi connectivity index (χ4v) is 1.31. The van der Waals surface area contributed by atoms with Crippen LogP contribution in [-0.4, -0.2) is 16.5 Å². The Hall–Kier alpha value is -0.863. The summed E-state index contributed by atoms with van der Waals surface area (Å²) >= 11 is 0. The smallest absolute Gasteiger partial charge is 0.0712 e. The highest BCUT2D eigenvalue weighted by molar-refractivity contribution is 6.08. The Bertz CT molecular complexity index is 277. The lowest BCUT2D eigenvalue weighted by atomic mass is 10.1. The van der Waals surface area contributed by atoms with E-state index in [2.05, 4.69) is 30.8 Å². The maximum absolute atomic E-state index is 5.36. The summed E-state index contributed by atoms with van der Waals surface area (Å²) in [6.07, 6.45) is 0.905. The van der Waals surface area contributed by atoms with Crippen LogP contribution in [0.25, 0.3) is 5.57 Å². The Kier molecular flexibility index (Phi) is 3.93. The van der Waals surface area contributed by atoms with Crippen molar-refractivity contribution < 1.29 is 4.74 Å². The van der Waals surface area contributed by atoms with E-state index in [1.54, 1.807) is 0 Å². The second-order valence-corrected chi connectivity index (χ2v) is 3.69. The monoisotopic (exact) mass is 192 g/mol. The van der Waals surface area contributed by atoms with Crippen LogP contribution in [0.5, 0.6) is 0 Å². The summed E-state index contributed by atoms with van der Waals surface area (Å²) < 4.78 is 5.36. The molecule has 0 heterocycles. The molecule has 1 aromatic carbocycles. The molecule has 0 atom stereocenters. The van der Waals surface area contributed by atoms with Crippen molar-refractivity contribution in [1.82, 2.24) is 0 Å². The van der Waals surface area contributed by atoms with Crippen LogP contribution in [0.15, 0.2) is 30.8 Å². The molecule has 0 spiro atoms. The van der Waals surface area contributed by atoms with E-state index in [0.717, 1.165) is 28.7 Å². The molecular weight excluding hydrogens is 176 g/mol. The summed E-state index contributed by atoms with van der Waals surface area (Å²) in [4.78, 5) is 0. The molecule has 70 valence electrons. The maximum atomic E-state index is 5.36. The van der Waals surface area contributed by atoms with Gasteiger partial charge in [0.15, 0.2) is 0 Å². The van der Waals surface area contributed by atoms with Gasteiger partial charge in [0.1, 0.15) is 0 Å². The first-order chi connectivity index (χ1) is 6.24. The average molecular weight is 192 g/mol. The van der Waals surface area contributed by atoms with Crippen LogP contribution < -0.4 is 0 Å². The molecule has 0 saturated carbocycles. The van der Waals surface area contributed by atoms with Gasteiger partial charge in [-0.15, -0.1) is 0 Å². The van der Waals surface area contributed by atoms with E-state index < -0.39 is 0 Å². The Morgan fingerprint density at radius 2 is 2.00 bits per heavy atom. The van der Waals surface area contributed by atoms with E-state index >= 15 is 0 Å². The molecule has 1 aromatic rings. The van der Waals surface area contributed by atoms with Crippen LogP contribution in [0.1, 0.15) is 18.1 Å². The van der Waals surface area contributed by atoms with Gasteiger partial charge < -0.3 is 4.74 Å². The molecule has 0 fully saturated rings. The second-order valence-electron chi connectivity index (χ2n) is 3.11. The first-order valence-corrected chi connectivity index (χ1v) is 5.98. The van der Waals surface area contributed by atoms with Crippen LogP contribution in [0.3, 0.4) is 0 Å². The third kappa shape index (κ3) is 3.17. The van der Waals surface area contributed by atoms with Crippen LogP contribution in [0, 0.1) is 0 Å². The van der Waals surface area contributed by atoms with Crippen molar-refractivity contribution in [1.29, 1.82) is 0 Å². The van der Waals surface area contributed by atoms with E-state index in [0.29, 0.717) is 0 Å². The number of benzene rings is 1. The van der Waals surface area contributed by atoms with Crippen molar-refractivity contribution in [2.75, 3.05) is 6.23 Å². The summed E-state index contributed by atoms with van der Waals surface area (Å²) in [5, 5.41) is 0. The van der Waals surface area contributed by atoms with Gasteiger partial charge in [-0.05, 0) is 18.1 Å². The lowest BCUT2D eigenvalue weighted by Gasteiger charge is -2.03. The molecule has 0 N–H and O–H groups in total. The minimum Gasteiger partial charge on any atom is -0.381 e. The van der Waals surface area contributed by atoms with Crippen molar-refractivity contribution >= 4 is 15.8 Å². The Labute approximate surface area is 82.9 Å². The molecule has 0 amide bonds. The van der Waals surface area contributed by atoms with Gasteiger partial charge in [0.2, 0.25) is 0 Å². The van der Waals surface area contributed by atoms with Crippen molar-refractivity contribution in [3.63, 3.8) is 0 Å². The predicted octanol–water partition coefficient (Wildman–Crippen LogP) is 1.56. The van der Waals surface area contributed by atoms with E-state index in [1.165, 1.54) is 11.1 Å². The SMILES string of the molecule is C=C(C)c1ccc(COC[SiH3])cc1. The van der Waals surface area contributed by atoms with Crippen molar-refractivity contribution in [3.8, 4) is 0 Å². The molecule has 0 radical (unpaired) electrons. The van der Waals surface area contributed by atoms with E-state index in [4.69, 9.17) is 4.74 Å². The topological polar surface area (TPSA) is 9.23 Å². The summed E-state index contributed by atoms with van der Waals surface area (Å²) in [5.41, 5.74) is 3.55. The molecule has 0 saturated heterocycles. The highest BCUT2D eigenvalue weighted by Crippen LogP contribution is 2.12. The van der Waals surface area contributed by atoms with Gasteiger partial charge in [-0.1, -0.05) is 36.4 Å². The summed E-state index contributed by atoms with van der Waals surface area (Å²) in [7, 11) is 1.11. The fraction of sp³-hybridized carbons (Fsp3) is 0.273. The number of hydrogen-bond acceptors (Lipinski definition) is 1. The lowest BCUT2D eigenvalue weighted by molar-refractivity contribution is 0.165. The molecule has 0 bridgehead atoms. The second kappa shape index (κ2) is 4.99. The zero-order chi connectivity index (χ0) is 9.68. The third-order valence-electron chi connectivity index (χ3n) is 1.92. The zero-order valence-electron chi connectivity index (χ0n) is 8.34. The Morgan fingerprint density at radius 1 is 1.38 bits per heavy atom. The summed E-state index contributed by atoms with van der Waals surface area (Å²) in [6, 6.07) is 8.38. The van der Waals surface area contributed by atoms with Gasteiger partial charge >= 0.3 is 0 Å². The van der Waals surface area contributed by atoms with Crippen LogP contribution in [-0.2, 0) is 11.3 Å². The number of rotatable bonds is 4. The van der Waals surface area contributed by atoms with Gasteiger partial charge in [-0.2, -0.15) is 0 Å². The molecule has 13 heavy (non-hydrogen) atoms. The molecule has 0 unspecified atom stereocenters. The molecule has 1 rings (SSSR count). The number of allylic oxidation sites excluding steroid dienone is 1. The molecular formula is C11H16OSi. The molecule has 1 nitrogen and oxygen atoms in total. The van der Waals surface area contributed by atoms with Crippen LogP contribution in [0.4, 0.5) is 0 Å². The minimum absolute atomic E-state index is 0.736. The van der Waals surface area contributed by atoms with Crippen molar-refractivity contribution in [3.05, 3.63) is 42.0 Å². The summed E-state index contributed by atoms with van der Waals surface area (Å²) in [6.45, 7) is 6.64. The lowest BCUT2D eigenvalue weighted by Crippen LogP contribution is -1.94. The summed E-state index contributed by atoms with van der Waals surface area (Å²) in [5.74, 6) is 0. The van der Waals surface area contributed by atoms with Crippen LogP contribution >= 0.6 is 0 Å². The normalized spacial score (nSPS) is 10.2. The number of ether oxygens (including phenoxy) is 1. The van der Waals surface area contributed by atoms with E-state index in [1.807, 2.05) is 6.92 Å². The largest absolute Gasteiger partial charge is 0.381 e. The standard InChI is InChI=1S/C11H16OSi/c1-9(2)11-5-3-10(4-6-11)7-12-8-13/h3-6H,1,7-8H2,2,13H3. The fourth-order valence-electron chi connectivity index (χ4n) is 1.11. The van der Waals surface area contributed by atoms with Crippen LogP contribution in [0.2, 0.25) is 0 Å². The number of hydrogen-bond donors (Lipinski definition) is 0. The zero-order valence-corrected chi connectivity index (χ0v) is 10.3. The maximum Gasteiger partial charge on any atom is 0.0712 e. The quantitative estimate of drug-likeness (QED) is 0.658. The van der Waals surface area contributed by atoms with E-state index in [-0.39, 0.29) is 0 Å². The van der Waals surface area contributed by atoms with Gasteiger partial charge in [-0.25, -0.2) is 0 Å². The molecule has 0 aliphatic carbocycles. The van der Waals surface area contributed by atoms with Crippen molar-refractivity contribution in [2.24, 2.45) is 0 Å². The molecule has 2 heteroatoms. The van der Waals surface area contributed by atoms with Crippen molar-refractivity contribution in [2.45, 2.75) is 13.5 Å². The first-order valence-electron chi connectivity index (χ1n) is 4.56. The van der Waals surface area contributed by atoms with E-state index in [9.17, 15) is 0 Å². The molecule has 0 aromatic heterocycles. The highest BCUT2D eigenvalue weighted by Gasteiger charge is 1.94. The molecule has 0 aliphatic heterocycles. The molecule has 0 aliphatic rings.